The first-order chi connectivity index (χ1) is 12.6. The summed E-state index contributed by atoms with van der Waals surface area (Å²) in [4.78, 5) is 3.27. The Morgan fingerprint density at radius 1 is 0.926 bits per heavy atom. The Bertz CT molecular complexity index is 1010. The van der Waals surface area contributed by atoms with Crippen LogP contribution >= 0.6 is 0 Å². The van der Waals surface area contributed by atoms with Crippen LogP contribution in [0, 0.1) is 11.3 Å². The zero-order valence-electron chi connectivity index (χ0n) is 17.1. The maximum absolute atomic E-state index is 9.84. The van der Waals surface area contributed by atoms with Crippen LogP contribution in [0.15, 0.2) is 48.7 Å². The Hall–Kier alpha value is -2.79. The summed E-state index contributed by atoms with van der Waals surface area (Å²) in [7, 11) is 0. The van der Waals surface area contributed by atoms with E-state index in [1.807, 2.05) is 30.5 Å². The standard InChI is InChI=1S/C25H28N2/c1-24(2,3)19-12-17(13-20(14-19)25(4,5)6)11-18(15-26)22-16-27-23-10-8-7-9-21(22)23/h7-14,16,27H,1-6H3. The Morgan fingerprint density at radius 3 is 2.07 bits per heavy atom. The zero-order chi connectivity index (χ0) is 19.8. The maximum Gasteiger partial charge on any atom is 0.0998 e. The summed E-state index contributed by atoms with van der Waals surface area (Å²) in [6, 6.07) is 17.2. The molecular formula is C25H28N2. The smallest absolute Gasteiger partial charge is 0.0998 e. The third-order valence-corrected chi connectivity index (χ3v) is 5.00. The van der Waals surface area contributed by atoms with E-state index in [1.54, 1.807) is 0 Å². The topological polar surface area (TPSA) is 39.6 Å². The van der Waals surface area contributed by atoms with E-state index in [1.165, 1.54) is 11.1 Å². The van der Waals surface area contributed by atoms with E-state index in [-0.39, 0.29) is 10.8 Å². The van der Waals surface area contributed by atoms with Crippen LogP contribution in [0.2, 0.25) is 0 Å². The largest absolute Gasteiger partial charge is 0.361 e. The molecule has 0 saturated carbocycles. The van der Waals surface area contributed by atoms with Gasteiger partial charge in [-0.3, -0.25) is 0 Å². The van der Waals surface area contributed by atoms with Gasteiger partial charge in [0.05, 0.1) is 11.6 Å². The molecule has 1 aromatic heterocycles. The fraction of sp³-hybridized carbons (Fsp3) is 0.320. The summed E-state index contributed by atoms with van der Waals surface area (Å²) in [5, 5.41) is 10.9. The van der Waals surface area contributed by atoms with Gasteiger partial charge in [0.1, 0.15) is 0 Å². The highest BCUT2D eigenvalue weighted by Gasteiger charge is 2.20. The highest BCUT2D eigenvalue weighted by molar-refractivity contribution is 6.01. The molecule has 0 spiro atoms. The molecule has 0 unspecified atom stereocenters. The Morgan fingerprint density at radius 2 is 1.52 bits per heavy atom. The number of para-hydroxylation sites is 1. The Kier molecular flexibility index (Phi) is 4.74. The lowest BCUT2D eigenvalue weighted by molar-refractivity contribution is 0.568. The summed E-state index contributed by atoms with van der Waals surface area (Å²) in [5.41, 5.74) is 6.44. The number of nitriles is 1. The van der Waals surface area contributed by atoms with Crippen molar-refractivity contribution in [2.45, 2.75) is 52.4 Å². The summed E-state index contributed by atoms with van der Waals surface area (Å²) in [5.74, 6) is 0. The van der Waals surface area contributed by atoms with Crippen LogP contribution in [0.4, 0.5) is 0 Å². The van der Waals surface area contributed by atoms with Gasteiger partial charge in [0.15, 0.2) is 0 Å². The molecule has 2 aromatic carbocycles. The molecule has 0 aliphatic rings. The average Bonchev–Trinajstić information content (AvgIpc) is 3.02. The minimum absolute atomic E-state index is 0.0530. The van der Waals surface area contributed by atoms with Crippen LogP contribution in [0.25, 0.3) is 22.6 Å². The molecule has 0 radical (unpaired) electrons. The second-order valence-electron chi connectivity index (χ2n) is 9.26. The van der Waals surface area contributed by atoms with Crippen molar-refractivity contribution in [2.75, 3.05) is 0 Å². The molecule has 0 aliphatic heterocycles. The molecule has 1 heterocycles. The van der Waals surface area contributed by atoms with Crippen molar-refractivity contribution in [1.82, 2.24) is 4.98 Å². The van der Waals surface area contributed by atoms with Gasteiger partial charge in [-0.05, 0) is 39.7 Å². The fourth-order valence-electron chi connectivity index (χ4n) is 3.23. The molecule has 0 atom stereocenters. The number of hydrogen-bond acceptors (Lipinski definition) is 1. The summed E-state index contributed by atoms with van der Waals surface area (Å²) >= 11 is 0. The molecule has 0 amide bonds. The van der Waals surface area contributed by atoms with Crippen molar-refractivity contribution in [3.8, 4) is 6.07 Å². The molecule has 138 valence electrons. The summed E-state index contributed by atoms with van der Waals surface area (Å²) < 4.78 is 0. The van der Waals surface area contributed by atoms with E-state index in [2.05, 4.69) is 76.9 Å². The van der Waals surface area contributed by atoms with E-state index in [0.29, 0.717) is 5.57 Å². The van der Waals surface area contributed by atoms with E-state index in [0.717, 1.165) is 22.0 Å². The van der Waals surface area contributed by atoms with E-state index < -0.39 is 0 Å². The third-order valence-electron chi connectivity index (χ3n) is 5.00. The van der Waals surface area contributed by atoms with Gasteiger partial charge in [0, 0.05) is 22.7 Å². The van der Waals surface area contributed by atoms with E-state index in [4.69, 9.17) is 0 Å². The number of benzene rings is 2. The third kappa shape index (κ3) is 3.98. The van der Waals surface area contributed by atoms with Crippen LogP contribution in [0.3, 0.4) is 0 Å². The van der Waals surface area contributed by atoms with Gasteiger partial charge in [-0.25, -0.2) is 0 Å². The number of aromatic amines is 1. The van der Waals surface area contributed by atoms with Crippen LogP contribution in [-0.4, -0.2) is 4.98 Å². The van der Waals surface area contributed by atoms with Crippen molar-refractivity contribution in [2.24, 2.45) is 0 Å². The number of hydrogen-bond donors (Lipinski definition) is 1. The van der Waals surface area contributed by atoms with E-state index >= 15 is 0 Å². The second kappa shape index (κ2) is 6.74. The minimum atomic E-state index is 0.0530. The van der Waals surface area contributed by atoms with Crippen molar-refractivity contribution in [3.05, 3.63) is 70.9 Å². The molecule has 2 heteroatoms. The Labute approximate surface area is 162 Å². The average molecular weight is 357 g/mol. The van der Waals surface area contributed by atoms with Crippen molar-refractivity contribution in [3.63, 3.8) is 0 Å². The highest BCUT2D eigenvalue weighted by Crippen LogP contribution is 2.32. The van der Waals surface area contributed by atoms with Crippen LogP contribution < -0.4 is 0 Å². The predicted molar refractivity (Wildman–Crippen MR) is 116 cm³/mol. The van der Waals surface area contributed by atoms with Crippen LogP contribution in [0.5, 0.6) is 0 Å². The monoisotopic (exact) mass is 356 g/mol. The number of fused-ring (bicyclic) bond motifs is 1. The fourth-order valence-corrected chi connectivity index (χ4v) is 3.23. The van der Waals surface area contributed by atoms with Gasteiger partial charge in [-0.15, -0.1) is 0 Å². The second-order valence-corrected chi connectivity index (χ2v) is 9.26. The molecule has 3 rings (SSSR count). The molecule has 3 aromatic rings. The number of H-pyrrole nitrogens is 1. The SMILES string of the molecule is CC(C)(C)c1cc(C=C(C#N)c2c[nH]c3ccccc23)cc(C(C)(C)C)c1. The van der Waals surface area contributed by atoms with Gasteiger partial charge in [0.2, 0.25) is 0 Å². The van der Waals surface area contributed by atoms with Crippen molar-refractivity contribution >= 4 is 22.6 Å². The quantitative estimate of drug-likeness (QED) is 0.502. The summed E-state index contributed by atoms with van der Waals surface area (Å²) in [6.45, 7) is 13.4. The maximum atomic E-state index is 9.84. The van der Waals surface area contributed by atoms with Gasteiger partial charge in [-0.1, -0.05) is 77.9 Å². The first-order valence-electron chi connectivity index (χ1n) is 9.44. The normalized spacial score (nSPS) is 13.0. The summed E-state index contributed by atoms with van der Waals surface area (Å²) in [6.07, 6.45) is 3.94. The Balaban J connectivity index is 2.18. The number of allylic oxidation sites excluding steroid dienone is 1. The minimum Gasteiger partial charge on any atom is -0.361 e. The zero-order valence-corrected chi connectivity index (χ0v) is 17.1. The van der Waals surface area contributed by atoms with Crippen LogP contribution in [-0.2, 0) is 10.8 Å². The molecule has 0 aliphatic carbocycles. The molecule has 0 bridgehead atoms. The predicted octanol–water partition coefficient (Wildman–Crippen LogP) is 6.83. The molecular weight excluding hydrogens is 328 g/mol. The molecule has 0 saturated heterocycles. The van der Waals surface area contributed by atoms with Crippen molar-refractivity contribution in [1.29, 1.82) is 5.26 Å². The first-order valence-corrected chi connectivity index (χ1v) is 9.44. The lowest BCUT2D eigenvalue weighted by Crippen LogP contribution is -2.16. The number of aromatic nitrogens is 1. The van der Waals surface area contributed by atoms with Crippen LogP contribution in [0.1, 0.15) is 63.8 Å². The first kappa shape index (κ1) is 19.0. The molecule has 0 fully saturated rings. The molecule has 2 nitrogen and oxygen atoms in total. The van der Waals surface area contributed by atoms with Gasteiger partial charge in [-0.2, -0.15) is 5.26 Å². The van der Waals surface area contributed by atoms with Gasteiger partial charge in [0.25, 0.3) is 0 Å². The van der Waals surface area contributed by atoms with Gasteiger partial charge < -0.3 is 4.98 Å². The lowest BCUT2D eigenvalue weighted by Gasteiger charge is -2.25. The van der Waals surface area contributed by atoms with Crippen molar-refractivity contribution < 1.29 is 0 Å². The number of nitrogens with zero attached hydrogens (tertiary/aromatic N) is 1. The number of nitrogens with one attached hydrogen (secondary N) is 1. The number of rotatable bonds is 2. The highest BCUT2D eigenvalue weighted by atomic mass is 14.7. The lowest BCUT2D eigenvalue weighted by atomic mass is 9.79. The van der Waals surface area contributed by atoms with E-state index in [9.17, 15) is 5.26 Å². The van der Waals surface area contributed by atoms with Gasteiger partial charge >= 0.3 is 0 Å². The molecule has 27 heavy (non-hydrogen) atoms. The molecule has 1 N–H and O–H groups in total.